The van der Waals surface area contributed by atoms with Crippen molar-refractivity contribution in [2.75, 3.05) is 0 Å². The van der Waals surface area contributed by atoms with Crippen molar-refractivity contribution in [2.24, 2.45) is 5.92 Å². The molecule has 1 unspecified atom stereocenters. The molecule has 1 aromatic carbocycles. The van der Waals surface area contributed by atoms with Crippen LogP contribution in [0.3, 0.4) is 0 Å². The smallest absolute Gasteiger partial charge is 0.139 e. The summed E-state index contributed by atoms with van der Waals surface area (Å²) in [6.07, 6.45) is 2.22. The summed E-state index contributed by atoms with van der Waals surface area (Å²) in [7, 11) is 0. The predicted octanol–water partition coefficient (Wildman–Crippen LogP) is 5.67. The van der Waals surface area contributed by atoms with Crippen LogP contribution in [0.25, 0.3) is 11.0 Å². The molecule has 1 heterocycles. The van der Waals surface area contributed by atoms with Crippen LogP contribution in [0.2, 0.25) is 0 Å². The first-order valence-electron chi connectivity index (χ1n) is 6.89. The lowest BCUT2D eigenvalue weighted by atomic mass is 10.1. The maximum Gasteiger partial charge on any atom is 0.139 e. The molecule has 0 bridgehead atoms. The zero-order valence-electron chi connectivity index (χ0n) is 12.0. The van der Waals surface area contributed by atoms with E-state index in [1.165, 1.54) is 6.07 Å². The van der Waals surface area contributed by atoms with Gasteiger partial charge in [-0.05, 0) is 47.7 Å². The Morgan fingerprint density at radius 1 is 1.35 bits per heavy atom. The fraction of sp³-hybridized carbons (Fsp3) is 0.533. The van der Waals surface area contributed by atoms with Gasteiger partial charge in [-0.2, -0.15) is 0 Å². The van der Waals surface area contributed by atoms with Crippen LogP contribution in [-0.4, -0.2) is 9.55 Å². The van der Waals surface area contributed by atoms with Crippen molar-refractivity contribution in [3.63, 3.8) is 0 Å². The molecule has 0 saturated carbocycles. The van der Waals surface area contributed by atoms with E-state index in [1.54, 1.807) is 6.07 Å². The van der Waals surface area contributed by atoms with Crippen LogP contribution in [0.5, 0.6) is 0 Å². The molecule has 0 saturated heterocycles. The van der Waals surface area contributed by atoms with Gasteiger partial charge in [0.15, 0.2) is 0 Å². The summed E-state index contributed by atoms with van der Waals surface area (Å²) in [4.78, 5) is 4.48. The van der Waals surface area contributed by atoms with Crippen molar-refractivity contribution in [1.82, 2.24) is 9.55 Å². The standard InChI is InChI=1S/C15H19BrClFN2/c1-9(2)5-4-6-20-14-7-11(16)12(18)8-13(14)19-15(20)10(3)17/h7-10H,4-6H2,1-3H3. The Hall–Kier alpha value is -0.610. The van der Waals surface area contributed by atoms with E-state index in [2.05, 4.69) is 39.3 Å². The highest BCUT2D eigenvalue weighted by molar-refractivity contribution is 9.10. The molecule has 0 fully saturated rings. The predicted molar refractivity (Wildman–Crippen MR) is 85.7 cm³/mol. The van der Waals surface area contributed by atoms with Crippen LogP contribution in [0, 0.1) is 11.7 Å². The molecule has 0 spiro atoms. The van der Waals surface area contributed by atoms with Crippen LogP contribution in [0.1, 0.15) is 44.8 Å². The number of alkyl halides is 1. The molecule has 2 nitrogen and oxygen atoms in total. The average Bonchev–Trinajstić information content (AvgIpc) is 2.68. The monoisotopic (exact) mass is 360 g/mol. The minimum absolute atomic E-state index is 0.191. The van der Waals surface area contributed by atoms with Crippen molar-refractivity contribution >= 4 is 38.6 Å². The first-order chi connectivity index (χ1) is 9.40. The van der Waals surface area contributed by atoms with Gasteiger partial charge in [-0.15, -0.1) is 11.6 Å². The second-order valence-corrected chi connectivity index (χ2v) is 7.04. The van der Waals surface area contributed by atoms with E-state index in [9.17, 15) is 4.39 Å². The van der Waals surface area contributed by atoms with E-state index in [0.717, 1.165) is 30.7 Å². The topological polar surface area (TPSA) is 17.8 Å². The van der Waals surface area contributed by atoms with Crippen LogP contribution < -0.4 is 0 Å². The minimum atomic E-state index is -0.293. The molecule has 0 radical (unpaired) electrons. The molecule has 110 valence electrons. The molecule has 0 aliphatic rings. The van der Waals surface area contributed by atoms with Crippen LogP contribution >= 0.6 is 27.5 Å². The molecule has 2 aromatic rings. The lowest BCUT2D eigenvalue weighted by Gasteiger charge is -2.11. The summed E-state index contributed by atoms with van der Waals surface area (Å²) < 4.78 is 16.2. The third-order valence-electron chi connectivity index (χ3n) is 3.34. The maximum atomic E-state index is 13.6. The van der Waals surface area contributed by atoms with Gasteiger partial charge < -0.3 is 4.57 Å². The molecule has 0 N–H and O–H groups in total. The van der Waals surface area contributed by atoms with E-state index in [-0.39, 0.29) is 11.2 Å². The SMILES string of the molecule is CC(C)CCCn1c(C(C)Cl)nc2cc(F)c(Br)cc21. The number of aryl methyl sites for hydroxylation is 1. The zero-order valence-corrected chi connectivity index (χ0v) is 14.3. The number of fused-ring (bicyclic) bond motifs is 1. The van der Waals surface area contributed by atoms with Gasteiger partial charge in [-0.1, -0.05) is 13.8 Å². The Morgan fingerprint density at radius 2 is 2.05 bits per heavy atom. The van der Waals surface area contributed by atoms with Gasteiger partial charge in [0.1, 0.15) is 11.6 Å². The Kier molecular flexibility index (Phi) is 5.08. The van der Waals surface area contributed by atoms with Gasteiger partial charge in [0, 0.05) is 12.6 Å². The third kappa shape index (κ3) is 3.34. The highest BCUT2D eigenvalue weighted by atomic mass is 79.9. The second kappa shape index (κ2) is 6.44. The van der Waals surface area contributed by atoms with Crippen molar-refractivity contribution in [3.8, 4) is 0 Å². The van der Waals surface area contributed by atoms with Crippen molar-refractivity contribution in [2.45, 2.75) is 45.5 Å². The van der Waals surface area contributed by atoms with Gasteiger partial charge in [0.25, 0.3) is 0 Å². The molecular weight excluding hydrogens is 343 g/mol. The fourth-order valence-corrected chi connectivity index (χ4v) is 2.83. The number of imidazole rings is 1. The van der Waals surface area contributed by atoms with Gasteiger partial charge in [0.2, 0.25) is 0 Å². The largest absolute Gasteiger partial charge is 0.327 e. The first-order valence-corrected chi connectivity index (χ1v) is 8.12. The molecule has 1 atom stereocenters. The summed E-state index contributed by atoms with van der Waals surface area (Å²) >= 11 is 9.45. The van der Waals surface area contributed by atoms with Crippen LogP contribution in [0.15, 0.2) is 16.6 Å². The van der Waals surface area contributed by atoms with Crippen LogP contribution in [0.4, 0.5) is 4.39 Å². The minimum Gasteiger partial charge on any atom is -0.327 e. The summed E-state index contributed by atoms with van der Waals surface area (Å²) in [6.45, 7) is 7.18. The van der Waals surface area contributed by atoms with Gasteiger partial charge in [-0.25, -0.2) is 9.37 Å². The summed E-state index contributed by atoms with van der Waals surface area (Å²) in [5, 5.41) is -0.191. The summed E-state index contributed by atoms with van der Waals surface area (Å²) in [5.74, 6) is 1.19. The van der Waals surface area contributed by atoms with Gasteiger partial charge in [-0.3, -0.25) is 0 Å². The molecule has 0 aliphatic heterocycles. The Labute approximate surface area is 132 Å². The van der Waals surface area contributed by atoms with E-state index in [4.69, 9.17) is 11.6 Å². The van der Waals surface area contributed by atoms with Crippen molar-refractivity contribution in [3.05, 3.63) is 28.2 Å². The number of nitrogens with zero attached hydrogens (tertiary/aromatic N) is 2. The number of halogens is 3. The van der Waals surface area contributed by atoms with Crippen LogP contribution in [-0.2, 0) is 6.54 Å². The first kappa shape index (κ1) is 15.8. The normalized spacial score (nSPS) is 13.3. The van der Waals surface area contributed by atoms with E-state index in [0.29, 0.717) is 15.9 Å². The molecular formula is C15H19BrClFN2. The number of aromatic nitrogens is 2. The van der Waals surface area contributed by atoms with Gasteiger partial charge in [0.05, 0.1) is 20.9 Å². The number of hydrogen-bond acceptors (Lipinski definition) is 1. The van der Waals surface area contributed by atoms with Crippen molar-refractivity contribution in [1.29, 1.82) is 0 Å². The molecule has 0 aliphatic carbocycles. The summed E-state index contributed by atoms with van der Waals surface area (Å²) in [5.41, 5.74) is 1.60. The molecule has 1 aromatic heterocycles. The highest BCUT2D eigenvalue weighted by Crippen LogP contribution is 2.29. The Bertz CT molecular complexity index is 607. The van der Waals surface area contributed by atoms with Gasteiger partial charge >= 0.3 is 0 Å². The third-order valence-corrected chi connectivity index (χ3v) is 4.14. The number of rotatable bonds is 5. The lowest BCUT2D eigenvalue weighted by Crippen LogP contribution is -2.05. The Morgan fingerprint density at radius 3 is 2.65 bits per heavy atom. The van der Waals surface area contributed by atoms with Crippen molar-refractivity contribution < 1.29 is 4.39 Å². The van der Waals surface area contributed by atoms with E-state index >= 15 is 0 Å². The summed E-state index contributed by atoms with van der Waals surface area (Å²) in [6, 6.07) is 3.25. The van der Waals surface area contributed by atoms with E-state index in [1.807, 2.05) is 6.92 Å². The Balaban J connectivity index is 2.42. The molecule has 0 amide bonds. The quantitative estimate of drug-likeness (QED) is 0.627. The molecule has 2 rings (SSSR count). The maximum absolute atomic E-state index is 13.6. The zero-order chi connectivity index (χ0) is 14.9. The highest BCUT2D eigenvalue weighted by Gasteiger charge is 2.16. The molecule has 20 heavy (non-hydrogen) atoms. The average molecular weight is 362 g/mol. The number of benzene rings is 1. The van der Waals surface area contributed by atoms with E-state index < -0.39 is 0 Å². The lowest BCUT2D eigenvalue weighted by molar-refractivity contribution is 0.509. The molecule has 5 heteroatoms. The number of hydrogen-bond donors (Lipinski definition) is 0. The second-order valence-electron chi connectivity index (χ2n) is 5.53. The fourth-order valence-electron chi connectivity index (χ4n) is 2.34.